The van der Waals surface area contributed by atoms with Gasteiger partial charge in [-0.15, -0.1) is 0 Å². The second-order valence-corrected chi connectivity index (χ2v) is 6.36. The Morgan fingerprint density at radius 3 is 2.29 bits per heavy atom. The molecule has 1 aliphatic rings. The Morgan fingerprint density at radius 2 is 1.54 bits per heavy atom. The molecule has 1 aliphatic carbocycles. The van der Waals surface area contributed by atoms with E-state index in [1.54, 1.807) is 0 Å². The van der Waals surface area contributed by atoms with Crippen LogP contribution >= 0.6 is 0 Å². The minimum Gasteiger partial charge on any atom is -0.399 e. The molecule has 1 atom stereocenters. The van der Waals surface area contributed by atoms with Gasteiger partial charge in [0.05, 0.1) is 0 Å². The molecule has 0 saturated carbocycles. The molecule has 118 valence electrons. The fraction of sp³-hybridized carbons (Fsp3) is 0.0909. The van der Waals surface area contributed by atoms with Crippen LogP contribution < -0.4 is 11.5 Å². The lowest BCUT2D eigenvalue weighted by Gasteiger charge is -2.34. The number of benzene rings is 3. The highest BCUT2D eigenvalue weighted by Crippen LogP contribution is 2.43. The largest absolute Gasteiger partial charge is 0.399 e. The molecule has 4 rings (SSSR count). The normalized spacial score (nSPS) is 20.1. The quantitative estimate of drug-likeness (QED) is 0.684. The van der Waals surface area contributed by atoms with Crippen molar-refractivity contribution in [2.24, 2.45) is 5.73 Å². The zero-order valence-corrected chi connectivity index (χ0v) is 13.4. The Kier molecular flexibility index (Phi) is 3.39. The summed E-state index contributed by atoms with van der Waals surface area (Å²) in [6.45, 7) is 0. The average molecular weight is 312 g/mol. The molecule has 0 fully saturated rings. The number of nitrogens with two attached hydrogens (primary N) is 2. The first-order valence-electron chi connectivity index (χ1n) is 8.18. The highest BCUT2D eigenvalue weighted by atomic mass is 14.6. The number of rotatable bonds is 2. The SMILES string of the molecule is NC1=CCC(c2ccc(N)cc2)(c2cccc3ccccc23)C=C1. The molecule has 3 aromatic rings. The molecule has 0 radical (unpaired) electrons. The number of nitrogen functional groups attached to an aromatic ring is 1. The van der Waals surface area contributed by atoms with Crippen molar-refractivity contribution in [2.75, 3.05) is 5.73 Å². The van der Waals surface area contributed by atoms with Gasteiger partial charge in [0.25, 0.3) is 0 Å². The van der Waals surface area contributed by atoms with Crippen molar-refractivity contribution >= 4 is 16.5 Å². The van der Waals surface area contributed by atoms with Gasteiger partial charge in [0.1, 0.15) is 0 Å². The molecule has 1 unspecified atom stereocenters. The Morgan fingerprint density at radius 1 is 0.792 bits per heavy atom. The third-order valence-corrected chi connectivity index (χ3v) is 4.92. The molecular weight excluding hydrogens is 292 g/mol. The number of fused-ring (bicyclic) bond motifs is 1. The van der Waals surface area contributed by atoms with E-state index in [0.717, 1.165) is 17.8 Å². The summed E-state index contributed by atoms with van der Waals surface area (Å²) in [6.07, 6.45) is 7.20. The van der Waals surface area contributed by atoms with Gasteiger partial charge in [0, 0.05) is 16.8 Å². The van der Waals surface area contributed by atoms with Crippen molar-refractivity contribution in [1.29, 1.82) is 0 Å². The molecule has 4 N–H and O–H groups in total. The van der Waals surface area contributed by atoms with Gasteiger partial charge in [-0.25, -0.2) is 0 Å². The molecule has 0 amide bonds. The summed E-state index contributed by atoms with van der Waals surface area (Å²) >= 11 is 0. The highest BCUT2D eigenvalue weighted by molar-refractivity contribution is 5.88. The maximum absolute atomic E-state index is 6.00. The zero-order valence-electron chi connectivity index (χ0n) is 13.4. The summed E-state index contributed by atoms with van der Waals surface area (Å²) in [7, 11) is 0. The van der Waals surface area contributed by atoms with Gasteiger partial charge in [-0.1, -0.05) is 66.7 Å². The molecule has 0 heterocycles. The highest BCUT2D eigenvalue weighted by Gasteiger charge is 2.33. The van der Waals surface area contributed by atoms with E-state index < -0.39 is 0 Å². The maximum atomic E-state index is 6.00. The molecule has 0 bridgehead atoms. The third kappa shape index (κ3) is 2.28. The van der Waals surface area contributed by atoms with Gasteiger partial charge in [0.15, 0.2) is 0 Å². The number of anilines is 1. The molecular formula is C22H20N2. The lowest BCUT2D eigenvalue weighted by molar-refractivity contribution is 0.649. The van der Waals surface area contributed by atoms with Crippen molar-refractivity contribution in [3.05, 3.63) is 102 Å². The first-order chi connectivity index (χ1) is 11.7. The fourth-order valence-electron chi connectivity index (χ4n) is 3.62. The predicted octanol–water partition coefficient (Wildman–Crippen LogP) is 4.51. The molecule has 0 saturated heterocycles. The maximum Gasteiger partial charge on any atom is 0.0427 e. The Balaban J connectivity index is 2.00. The van der Waals surface area contributed by atoms with E-state index in [1.807, 2.05) is 18.2 Å². The van der Waals surface area contributed by atoms with E-state index in [4.69, 9.17) is 11.5 Å². The summed E-state index contributed by atoms with van der Waals surface area (Å²) in [6, 6.07) is 23.2. The molecule has 0 aliphatic heterocycles. The lowest BCUT2D eigenvalue weighted by atomic mass is 9.69. The van der Waals surface area contributed by atoms with Gasteiger partial charge in [-0.3, -0.25) is 0 Å². The first kappa shape index (κ1) is 14.6. The van der Waals surface area contributed by atoms with Crippen LogP contribution in [-0.4, -0.2) is 0 Å². The van der Waals surface area contributed by atoms with Crippen molar-refractivity contribution < 1.29 is 0 Å². The van der Waals surface area contributed by atoms with E-state index >= 15 is 0 Å². The van der Waals surface area contributed by atoms with Crippen LogP contribution in [0.5, 0.6) is 0 Å². The van der Waals surface area contributed by atoms with Crippen molar-refractivity contribution in [1.82, 2.24) is 0 Å². The van der Waals surface area contributed by atoms with Gasteiger partial charge in [-0.05, 0) is 46.5 Å². The van der Waals surface area contributed by atoms with Crippen LogP contribution in [-0.2, 0) is 5.41 Å². The van der Waals surface area contributed by atoms with Crippen LogP contribution in [0.1, 0.15) is 17.5 Å². The van der Waals surface area contributed by atoms with Crippen LogP contribution in [0.4, 0.5) is 5.69 Å². The van der Waals surface area contributed by atoms with E-state index in [9.17, 15) is 0 Å². The Hall–Kier alpha value is -3.00. The van der Waals surface area contributed by atoms with Crippen LogP contribution in [0.15, 0.2) is 90.7 Å². The molecule has 0 spiro atoms. The van der Waals surface area contributed by atoms with E-state index in [1.165, 1.54) is 21.9 Å². The summed E-state index contributed by atoms with van der Waals surface area (Å²) in [5.74, 6) is 0. The molecule has 2 heteroatoms. The minimum atomic E-state index is -0.225. The third-order valence-electron chi connectivity index (χ3n) is 4.92. The molecule has 3 aromatic carbocycles. The standard InChI is InChI=1S/C22H20N2/c23-18-10-8-17(9-11-18)22(14-12-19(24)13-15-22)21-7-3-5-16-4-1-2-6-20(16)21/h1-14H,15,23-24H2. The molecule has 2 nitrogen and oxygen atoms in total. The zero-order chi connectivity index (χ0) is 16.6. The summed E-state index contributed by atoms with van der Waals surface area (Å²) in [4.78, 5) is 0. The van der Waals surface area contributed by atoms with Gasteiger partial charge >= 0.3 is 0 Å². The predicted molar refractivity (Wildman–Crippen MR) is 102 cm³/mol. The first-order valence-corrected chi connectivity index (χ1v) is 8.18. The van der Waals surface area contributed by atoms with Crippen LogP contribution in [0.25, 0.3) is 10.8 Å². The lowest BCUT2D eigenvalue weighted by Crippen LogP contribution is -2.27. The molecule has 24 heavy (non-hydrogen) atoms. The fourth-order valence-corrected chi connectivity index (χ4v) is 3.62. The Bertz CT molecular complexity index is 946. The second kappa shape index (κ2) is 5.57. The number of allylic oxidation sites excluding steroid dienone is 3. The smallest absolute Gasteiger partial charge is 0.0427 e. The van der Waals surface area contributed by atoms with Gasteiger partial charge < -0.3 is 11.5 Å². The van der Waals surface area contributed by atoms with Crippen molar-refractivity contribution in [2.45, 2.75) is 11.8 Å². The second-order valence-electron chi connectivity index (χ2n) is 6.36. The van der Waals surface area contributed by atoms with E-state index in [0.29, 0.717) is 0 Å². The van der Waals surface area contributed by atoms with Gasteiger partial charge in [0.2, 0.25) is 0 Å². The van der Waals surface area contributed by atoms with Crippen molar-refractivity contribution in [3.63, 3.8) is 0 Å². The minimum absolute atomic E-state index is 0.225. The summed E-state index contributed by atoms with van der Waals surface area (Å²) in [5, 5.41) is 2.52. The summed E-state index contributed by atoms with van der Waals surface area (Å²) in [5.41, 5.74) is 15.8. The monoisotopic (exact) mass is 312 g/mol. The van der Waals surface area contributed by atoms with Gasteiger partial charge in [-0.2, -0.15) is 0 Å². The average Bonchev–Trinajstić information content (AvgIpc) is 2.63. The molecule has 0 aromatic heterocycles. The Labute approximate surface area is 142 Å². The van der Waals surface area contributed by atoms with Crippen LogP contribution in [0.3, 0.4) is 0 Å². The number of hydrogen-bond acceptors (Lipinski definition) is 2. The summed E-state index contributed by atoms with van der Waals surface area (Å²) < 4.78 is 0. The van der Waals surface area contributed by atoms with E-state index in [-0.39, 0.29) is 5.41 Å². The number of hydrogen-bond donors (Lipinski definition) is 2. The van der Waals surface area contributed by atoms with Crippen molar-refractivity contribution in [3.8, 4) is 0 Å². The topological polar surface area (TPSA) is 52.0 Å². The van der Waals surface area contributed by atoms with Crippen LogP contribution in [0.2, 0.25) is 0 Å². The van der Waals surface area contributed by atoms with Crippen LogP contribution in [0, 0.1) is 0 Å². The van der Waals surface area contributed by atoms with E-state index in [2.05, 4.69) is 66.7 Å².